The number of benzene rings is 2. The highest BCUT2D eigenvalue weighted by molar-refractivity contribution is 7.89. The molecule has 2 aromatic carbocycles. The molecule has 0 spiro atoms. The zero-order valence-electron chi connectivity index (χ0n) is 12.4. The van der Waals surface area contributed by atoms with E-state index in [2.05, 4.69) is 5.10 Å². The van der Waals surface area contributed by atoms with E-state index in [1.807, 2.05) is 4.83 Å². The van der Waals surface area contributed by atoms with E-state index in [0.29, 0.717) is 0 Å². The van der Waals surface area contributed by atoms with Crippen LogP contribution in [-0.4, -0.2) is 31.8 Å². The van der Waals surface area contributed by atoms with Crippen molar-refractivity contribution in [3.63, 3.8) is 0 Å². The number of hydrogen-bond acceptors (Lipinski definition) is 7. The van der Waals surface area contributed by atoms with Crippen molar-refractivity contribution in [2.45, 2.75) is 4.90 Å². The van der Waals surface area contributed by atoms with E-state index in [1.165, 1.54) is 19.2 Å². The lowest BCUT2D eigenvalue weighted by Gasteiger charge is -2.05. The van der Waals surface area contributed by atoms with Crippen molar-refractivity contribution in [3.8, 4) is 11.5 Å². The van der Waals surface area contributed by atoms with E-state index in [-0.39, 0.29) is 27.6 Å². The summed E-state index contributed by atoms with van der Waals surface area (Å²) in [5.74, 6) is 0.0375. The van der Waals surface area contributed by atoms with Gasteiger partial charge in [0, 0.05) is 17.7 Å². The minimum atomic E-state index is -3.98. The quantitative estimate of drug-likeness (QED) is 0.462. The molecule has 0 saturated carbocycles. The van der Waals surface area contributed by atoms with Gasteiger partial charge < -0.3 is 9.84 Å². The molecule has 10 heteroatoms. The van der Waals surface area contributed by atoms with Gasteiger partial charge in [-0.25, -0.2) is 4.83 Å². The summed E-state index contributed by atoms with van der Waals surface area (Å²) >= 11 is 0. The molecule has 0 fully saturated rings. The Balaban J connectivity index is 2.17. The minimum absolute atomic E-state index is 0.180. The van der Waals surface area contributed by atoms with Crippen LogP contribution in [0.2, 0.25) is 0 Å². The van der Waals surface area contributed by atoms with Crippen LogP contribution in [0.25, 0.3) is 0 Å². The Kier molecular flexibility index (Phi) is 4.99. The van der Waals surface area contributed by atoms with E-state index >= 15 is 0 Å². The minimum Gasteiger partial charge on any atom is -0.504 e. The zero-order valence-corrected chi connectivity index (χ0v) is 13.2. The number of para-hydroxylation sites is 1. The van der Waals surface area contributed by atoms with Gasteiger partial charge in [0.15, 0.2) is 11.5 Å². The molecule has 0 aromatic heterocycles. The van der Waals surface area contributed by atoms with E-state index in [1.54, 1.807) is 6.07 Å². The van der Waals surface area contributed by atoms with Crippen molar-refractivity contribution >= 4 is 21.9 Å². The fourth-order valence-corrected chi connectivity index (χ4v) is 2.56. The Morgan fingerprint density at radius 1 is 1.25 bits per heavy atom. The summed E-state index contributed by atoms with van der Waals surface area (Å²) in [5, 5.41) is 24.0. The number of phenolic OH excluding ortho intramolecular Hbond substituents is 1. The SMILES string of the molecule is COc1cccc(/C=N\NS(=O)(=O)c2ccc([N+](=O)[O-])cc2)c1O. The van der Waals surface area contributed by atoms with Crippen molar-refractivity contribution < 1.29 is 23.2 Å². The van der Waals surface area contributed by atoms with Crippen LogP contribution in [0.4, 0.5) is 5.69 Å². The number of phenols is 1. The molecule has 0 aliphatic rings. The molecule has 0 atom stereocenters. The van der Waals surface area contributed by atoms with Crippen LogP contribution in [0, 0.1) is 10.1 Å². The van der Waals surface area contributed by atoms with Gasteiger partial charge >= 0.3 is 0 Å². The van der Waals surface area contributed by atoms with Crippen LogP contribution < -0.4 is 9.57 Å². The van der Waals surface area contributed by atoms with E-state index < -0.39 is 14.9 Å². The first-order valence-corrected chi connectivity index (χ1v) is 7.99. The number of nitrogens with zero attached hydrogens (tertiary/aromatic N) is 2. The second-order valence-electron chi connectivity index (χ2n) is 4.50. The molecule has 0 aliphatic heterocycles. The predicted molar refractivity (Wildman–Crippen MR) is 85.7 cm³/mol. The van der Waals surface area contributed by atoms with Crippen LogP contribution >= 0.6 is 0 Å². The Hall–Kier alpha value is -3.14. The number of sulfonamides is 1. The molecule has 0 bridgehead atoms. The fourth-order valence-electron chi connectivity index (χ4n) is 1.77. The normalized spacial score (nSPS) is 11.4. The smallest absolute Gasteiger partial charge is 0.276 e. The first-order valence-electron chi connectivity index (χ1n) is 6.50. The molecule has 0 radical (unpaired) electrons. The van der Waals surface area contributed by atoms with E-state index in [9.17, 15) is 23.6 Å². The summed E-state index contributed by atoms with van der Waals surface area (Å²) in [6.07, 6.45) is 1.11. The van der Waals surface area contributed by atoms with Crippen molar-refractivity contribution in [1.82, 2.24) is 4.83 Å². The number of non-ortho nitro benzene ring substituents is 1. The topological polar surface area (TPSA) is 131 Å². The summed E-state index contributed by atoms with van der Waals surface area (Å²) in [7, 11) is -2.60. The van der Waals surface area contributed by atoms with Gasteiger partial charge in [-0.1, -0.05) is 6.07 Å². The maximum Gasteiger partial charge on any atom is 0.276 e. The number of aromatic hydroxyl groups is 1. The van der Waals surface area contributed by atoms with Gasteiger partial charge in [-0.3, -0.25) is 10.1 Å². The molecule has 2 rings (SSSR count). The third-order valence-corrected chi connectivity index (χ3v) is 4.22. The zero-order chi connectivity index (χ0) is 17.7. The number of hydrogen-bond donors (Lipinski definition) is 2. The fraction of sp³-hybridized carbons (Fsp3) is 0.0714. The largest absolute Gasteiger partial charge is 0.504 e. The highest BCUT2D eigenvalue weighted by Gasteiger charge is 2.15. The third-order valence-electron chi connectivity index (χ3n) is 2.98. The molecule has 0 aliphatic carbocycles. The van der Waals surface area contributed by atoms with Crippen LogP contribution in [-0.2, 0) is 10.0 Å². The Morgan fingerprint density at radius 3 is 2.50 bits per heavy atom. The van der Waals surface area contributed by atoms with Gasteiger partial charge in [0.05, 0.1) is 23.1 Å². The van der Waals surface area contributed by atoms with Crippen molar-refractivity contribution in [3.05, 3.63) is 58.1 Å². The van der Waals surface area contributed by atoms with Crippen molar-refractivity contribution in [1.29, 1.82) is 0 Å². The molecule has 126 valence electrons. The average Bonchev–Trinajstić information content (AvgIpc) is 2.56. The van der Waals surface area contributed by atoms with Gasteiger partial charge in [-0.15, -0.1) is 0 Å². The average molecular weight is 351 g/mol. The molecule has 0 saturated heterocycles. The highest BCUT2D eigenvalue weighted by Crippen LogP contribution is 2.27. The summed E-state index contributed by atoms with van der Waals surface area (Å²) in [6.45, 7) is 0. The lowest BCUT2D eigenvalue weighted by molar-refractivity contribution is -0.384. The molecule has 9 nitrogen and oxygen atoms in total. The number of nitrogens with one attached hydrogen (secondary N) is 1. The molecular formula is C14H13N3O6S. The van der Waals surface area contributed by atoms with Crippen molar-refractivity contribution in [2.24, 2.45) is 5.10 Å². The van der Waals surface area contributed by atoms with Crippen LogP contribution in [0.3, 0.4) is 0 Å². The van der Waals surface area contributed by atoms with Crippen LogP contribution in [0.1, 0.15) is 5.56 Å². The molecule has 2 aromatic rings. The second-order valence-corrected chi connectivity index (χ2v) is 6.16. The molecule has 0 unspecified atom stereocenters. The van der Waals surface area contributed by atoms with Crippen LogP contribution in [0.5, 0.6) is 11.5 Å². The standard InChI is InChI=1S/C14H13N3O6S/c1-23-13-4-2-3-10(14(13)18)9-15-16-24(21,22)12-7-5-11(6-8-12)17(19)20/h2-9,16,18H,1H3/b15-9-. The summed E-state index contributed by atoms with van der Waals surface area (Å²) < 4.78 is 29.0. The van der Waals surface area contributed by atoms with Gasteiger partial charge in [0.2, 0.25) is 0 Å². The predicted octanol–water partition coefficient (Wildman–Crippen LogP) is 1.62. The number of hydrazone groups is 1. The molecule has 24 heavy (non-hydrogen) atoms. The number of nitro groups is 1. The summed E-state index contributed by atoms with van der Waals surface area (Å²) in [5.41, 5.74) is 0.0273. The van der Waals surface area contributed by atoms with Gasteiger partial charge in [0.25, 0.3) is 15.7 Å². The lowest BCUT2D eigenvalue weighted by Crippen LogP contribution is -2.18. The monoisotopic (exact) mass is 351 g/mol. The summed E-state index contributed by atoms with van der Waals surface area (Å²) in [6, 6.07) is 9.00. The maximum absolute atomic E-state index is 12.0. The molecule has 2 N–H and O–H groups in total. The molecular weight excluding hydrogens is 338 g/mol. The maximum atomic E-state index is 12.0. The number of methoxy groups -OCH3 is 1. The first kappa shape index (κ1) is 17.2. The number of rotatable bonds is 6. The first-order chi connectivity index (χ1) is 11.3. The van der Waals surface area contributed by atoms with E-state index in [0.717, 1.165) is 30.5 Å². The number of ether oxygens (including phenoxy) is 1. The third kappa shape index (κ3) is 3.79. The Labute approximate surface area is 137 Å². The Bertz CT molecular complexity index is 878. The number of nitro benzene ring substituents is 1. The second kappa shape index (κ2) is 6.96. The van der Waals surface area contributed by atoms with E-state index in [4.69, 9.17) is 4.74 Å². The molecule has 0 amide bonds. The summed E-state index contributed by atoms with van der Waals surface area (Å²) in [4.78, 5) is 11.7. The Morgan fingerprint density at radius 2 is 1.92 bits per heavy atom. The molecule has 0 heterocycles. The van der Waals surface area contributed by atoms with Gasteiger partial charge in [0.1, 0.15) is 0 Å². The van der Waals surface area contributed by atoms with Gasteiger partial charge in [-0.05, 0) is 24.3 Å². The highest BCUT2D eigenvalue weighted by atomic mass is 32.2. The van der Waals surface area contributed by atoms with Crippen LogP contribution in [0.15, 0.2) is 52.5 Å². The van der Waals surface area contributed by atoms with Gasteiger partial charge in [-0.2, -0.15) is 13.5 Å². The lowest BCUT2D eigenvalue weighted by atomic mass is 10.2. The van der Waals surface area contributed by atoms with Crippen molar-refractivity contribution in [2.75, 3.05) is 7.11 Å².